The summed E-state index contributed by atoms with van der Waals surface area (Å²) in [6, 6.07) is 1.66. The minimum absolute atomic E-state index is 0.339. The SMILES string of the molecule is C=Cc1cnnc(NC(=O)OC(C)(C)C)c1. The van der Waals surface area contributed by atoms with Crippen molar-refractivity contribution in [3.63, 3.8) is 0 Å². The number of nitrogens with one attached hydrogen (secondary N) is 1. The van der Waals surface area contributed by atoms with E-state index in [9.17, 15) is 4.79 Å². The van der Waals surface area contributed by atoms with Crippen molar-refractivity contribution >= 4 is 18.0 Å². The van der Waals surface area contributed by atoms with E-state index in [1.54, 1.807) is 39.1 Å². The highest BCUT2D eigenvalue weighted by molar-refractivity contribution is 5.83. The van der Waals surface area contributed by atoms with Crippen LogP contribution in [0, 0.1) is 0 Å². The first kappa shape index (κ1) is 12.2. The minimum Gasteiger partial charge on any atom is -0.444 e. The van der Waals surface area contributed by atoms with Crippen LogP contribution in [0.2, 0.25) is 0 Å². The maximum absolute atomic E-state index is 11.4. The van der Waals surface area contributed by atoms with E-state index in [1.807, 2.05) is 0 Å². The Bertz CT molecular complexity index is 396. The molecule has 0 aliphatic carbocycles. The molecule has 0 fully saturated rings. The summed E-state index contributed by atoms with van der Waals surface area (Å²) in [5.41, 5.74) is 0.245. The third-order valence-electron chi connectivity index (χ3n) is 1.54. The Labute approximate surface area is 94.5 Å². The molecule has 0 unspecified atom stereocenters. The van der Waals surface area contributed by atoms with Gasteiger partial charge in [-0.05, 0) is 32.4 Å². The third-order valence-corrected chi connectivity index (χ3v) is 1.54. The molecule has 86 valence electrons. The van der Waals surface area contributed by atoms with Crippen LogP contribution in [-0.4, -0.2) is 21.9 Å². The zero-order valence-electron chi connectivity index (χ0n) is 9.65. The lowest BCUT2D eigenvalue weighted by molar-refractivity contribution is 0.0635. The largest absolute Gasteiger partial charge is 0.444 e. The zero-order valence-corrected chi connectivity index (χ0v) is 9.65. The van der Waals surface area contributed by atoms with E-state index < -0.39 is 11.7 Å². The average molecular weight is 221 g/mol. The molecular weight excluding hydrogens is 206 g/mol. The maximum Gasteiger partial charge on any atom is 0.413 e. The van der Waals surface area contributed by atoms with Crippen LogP contribution in [0.25, 0.3) is 6.08 Å². The fourth-order valence-corrected chi connectivity index (χ4v) is 0.963. The highest BCUT2D eigenvalue weighted by Gasteiger charge is 2.16. The van der Waals surface area contributed by atoms with Crippen LogP contribution in [0.5, 0.6) is 0 Å². The van der Waals surface area contributed by atoms with Crippen molar-refractivity contribution < 1.29 is 9.53 Å². The summed E-state index contributed by atoms with van der Waals surface area (Å²) in [6.07, 6.45) is 2.62. The molecule has 5 nitrogen and oxygen atoms in total. The summed E-state index contributed by atoms with van der Waals surface area (Å²) in [6.45, 7) is 8.97. The summed E-state index contributed by atoms with van der Waals surface area (Å²) < 4.78 is 5.07. The minimum atomic E-state index is -0.553. The van der Waals surface area contributed by atoms with Gasteiger partial charge >= 0.3 is 6.09 Å². The van der Waals surface area contributed by atoms with Crippen LogP contribution >= 0.6 is 0 Å². The first-order valence-corrected chi connectivity index (χ1v) is 4.86. The van der Waals surface area contributed by atoms with E-state index in [1.165, 1.54) is 0 Å². The molecule has 0 aliphatic rings. The van der Waals surface area contributed by atoms with Crippen LogP contribution in [0.15, 0.2) is 18.8 Å². The van der Waals surface area contributed by atoms with E-state index >= 15 is 0 Å². The smallest absolute Gasteiger partial charge is 0.413 e. The highest BCUT2D eigenvalue weighted by Crippen LogP contribution is 2.10. The Hall–Kier alpha value is -1.91. The predicted octanol–water partition coefficient (Wildman–Crippen LogP) is 2.47. The van der Waals surface area contributed by atoms with Crippen molar-refractivity contribution in [1.29, 1.82) is 0 Å². The van der Waals surface area contributed by atoms with Gasteiger partial charge in [-0.1, -0.05) is 12.7 Å². The molecule has 1 rings (SSSR count). The van der Waals surface area contributed by atoms with Gasteiger partial charge in [-0.3, -0.25) is 5.32 Å². The van der Waals surface area contributed by atoms with E-state index in [2.05, 4.69) is 22.1 Å². The number of amides is 1. The van der Waals surface area contributed by atoms with E-state index in [0.717, 1.165) is 5.56 Å². The molecule has 0 radical (unpaired) electrons. The maximum atomic E-state index is 11.4. The summed E-state index contributed by atoms with van der Waals surface area (Å²) >= 11 is 0. The fourth-order valence-electron chi connectivity index (χ4n) is 0.963. The molecule has 1 amide bonds. The van der Waals surface area contributed by atoms with Gasteiger partial charge in [0, 0.05) is 0 Å². The number of hydrogen-bond donors (Lipinski definition) is 1. The third kappa shape index (κ3) is 4.08. The van der Waals surface area contributed by atoms with Gasteiger partial charge in [-0.15, -0.1) is 5.10 Å². The lowest BCUT2D eigenvalue weighted by Crippen LogP contribution is -2.27. The van der Waals surface area contributed by atoms with Crippen molar-refractivity contribution in [3.8, 4) is 0 Å². The lowest BCUT2D eigenvalue weighted by atomic mass is 10.2. The molecule has 0 bridgehead atoms. The molecular formula is C11H15N3O2. The van der Waals surface area contributed by atoms with Gasteiger partial charge in [0.2, 0.25) is 0 Å². The van der Waals surface area contributed by atoms with Crippen molar-refractivity contribution in [3.05, 3.63) is 24.4 Å². The molecule has 0 saturated carbocycles. The Kier molecular flexibility index (Phi) is 3.60. The van der Waals surface area contributed by atoms with Crippen LogP contribution in [0.1, 0.15) is 26.3 Å². The second-order valence-corrected chi connectivity index (χ2v) is 4.21. The van der Waals surface area contributed by atoms with Gasteiger partial charge in [0.15, 0.2) is 5.82 Å². The lowest BCUT2D eigenvalue weighted by Gasteiger charge is -2.19. The standard InChI is InChI=1S/C11H15N3O2/c1-5-8-6-9(14-12-7-8)13-10(15)16-11(2,3)4/h5-7H,1H2,2-4H3,(H,13,14,15). The molecule has 1 aromatic rings. The molecule has 1 aromatic heterocycles. The molecule has 0 saturated heterocycles. The number of rotatable bonds is 2. The van der Waals surface area contributed by atoms with Crippen molar-refractivity contribution in [2.45, 2.75) is 26.4 Å². The Morgan fingerprint density at radius 2 is 2.25 bits per heavy atom. The number of carbonyl (C=O) groups is 1. The molecule has 0 spiro atoms. The van der Waals surface area contributed by atoms with Crippen LogP contribution in [0.4, 0.5) is 10.6 Å². The number of carbonyl (C=O) groups excluding carboxylic acids is 1. The van der Waals surface area contributed by atoms with E-state index in [4.69, 9.17) is 4.74 Å². The number of anilines is 1. The summed E-state index contributed by atoms with van der Waals surface area (Å²) in [5.74, 6) is 0.339. The molecule has 0 atom stereocenters. The van der Waals surface area contributed by atoms with Crippen LogP contribution in [-0.2, 0) is 4.74 Å². The van der Waals surface area contributed by atoms with Gasteiger partial charge in [0.05, 0.1) is 6.20 Å². The second-order valence-electron chi connectivity index (χ2n) is 4.21. The van der Waals surface area contributed by atoms with Crippen molar-refractivity contribution in [1.82, 2.24) is 10.2 Å². The van der Waals surface area contributed by atoms with Gasteiger partial charge in [-0.2, -0.15) is 5.10 Å². The van der Waals surface area contributed by atoms with Crippen molar-refractivity contribution in [2.75, 3.05) is 5.32 Å². The monoisotopic (exact) mass is 221 g/mol. The number of hydrogen-bond acceptors (Lipinski definition) is 4. The fraction of sp³-hybridized carbons (Fsp3) is 0.364. The number of ether oxygens (including phenoxy) is 1. The summed E-state index contributed by atoms with van der Waals surface area (Å²) in [5, 5.41) is 9.95. The summed E-state index contributed by atoms with van der Waals surface area (Å²) in [4.78, 5) is 11.4. The Morgan fingerprint density at radius 3 is 2.81 bits per heavy atom. The summed E-state index contributed by atoms with van der Waals surface area (Å²) in [7, 11) is 0. The van der Waals surface area contributed by atoms with E-state index in [0.29, 0.717) is 5.82 Å². The van der Waals surface area contributed by atoms with Crippen molar-refractivity contribution in [2.24, 2.45) is 0 Å². The quantitative estimate of drug-likeness (QED) is 0.833. The first-order valence-electron chi connectivity index (χ1n) is 4.86. The molecule has 1 N–H and O–H groups in total. The topological polar surface area (TPSA) is 64.1 Å². The van der Waals surface area contributed by atoms with Crippen LogP contribution < -0.4 is 5.32 Å². The highest BCUT2D eigenvalue weighted by atomic mass is 16.6. The molecule has 1 heterocycles. The van der Waals surface area contributed by atoms with Crippen LogP contribution in [0.3, 0.4) is 0 Å². The Balaban J connectivity index is 2.66. The second kappa shape index (κ2) is 4.74. The van der Waals surface area contributed by atoms with Gasteiger partial charge in [0.25, 0.3) is 0 Å². The average Bonchev–Trinajstić information content (AvgIpc) is 2.15. The zero-order chi connectivity index (χ0) is 12.2. The molecule has 5 heteroatoms. The number of nitrogens with zero attached hydrogens (tertiary/aromatic N) is 2. The number of aromatic nitrogens is 2. The molecule has 16 heavy (non-hydrogen) atoms. The van der Waals surface area contributed by atoms with Gasteiger partial charge in [-0.25, -0.2) is 4.79 Å². The molecule has 0 aliphatic heterocycles. The van der Waals surface area contributed by atoms with Gasteiger partial charge in [0.1, 0.15) is 5.60 Å². The first-order chi connectivity index (χ1) is 7.40. The van der Waals surface area contributed by atoms with Gasteiger partial charge < -0.3 is 4.74 Å². The Morgan fingerprint density at radius 1 is 1.56 bits per heavy atom. The molecule has 0 aromatic carbocycles. The van der Waals surface area contributed by atoms with E-state index in [-0.39, 0.29) is 0 Å². The predicted molar refractivity (Wildman–Crippen MR) is 62.0 cm³/mol. The normalized spacial score (nSPS) is 10.7.